The first-order valence-corrected chi connectivity index (χ1v) is 7.94. The Morgan fingerprint density at radius 2 is 1.81 bits per heavy atom. The Hall–Kier alpha value is -2.70. The van der Waals surface area contributed by atoms with Gasteiger partial charge in [0.25, 0.3) is 0 Å². The lowest BCUT2D eigenvalue weighted by molar-refractivity contribution is -0.137. The molecule has 0 fully saturated rings. The zero-order valence-electron chi connectivity index (χ0n) is 14.7. The van der Waals surface area contributed by atoms with Crippen LogP contribution < -0.4 is 10.5 Å². The summed E-state index contributed by atoms with van der Waals surface area (Å²) in [6.07, 6.45) is -5.57. The van der Waals surface area contributed by atoms with E-state index in [1.54, 1.807) is 6.07 Å². The number of primary amides is 1. The van der Waals surface area contributed by atoms with E-state index in [0.29, 0.717) is 16.9 Å². The van der Waals surface area contributed by atoms with Gasteiger partial charge in [-0.05, 0) is 46.9 Å². The van der Waals surface area contributed by atoms with E-state index < -0.39 is 17.8 Å². The van der Waals surface area contributed by atoms with Gasteiger partial charge in [-0.25, -0.2) is 4.79 Å². The number of amides is 1. The standard InChI is InChI=1S/C19H20F3NO3/c1-11(2)12-4-7-17(25-3)16(9-12)15-6-5-14(19(20,21)22)8-13(15)10-26-18(23)24/h4-9,11H,10H2,1-3H3,(H2,23,24). The van der Waals surface area contributed by atoms with E-state index in [0.717, 1.165) is 17.7 Å². The summed E-state index contributed by atoms with van der Waals surface area (Å²) in [5.41, 5.74) is 6.43. The molecule has 2 aromatic rings. The molecule has 2 aromatic carbocycles. The second-order valence-corrected chi connectivity index (χ2v) is 6.09. The minimum absolute atomic E-state index is 0.192. The quantitative estimate of drug-likeness (QED) is 0.800. The van der Waals surface area contributed by atoms with Crippen molar-refractivity contribution in [3.63, 3.8) is 0 Å². The van der Waals surface area contributed by atoms with Crippen LogP contribution in [0.2, 0.25) is 0 Å². The molecule has 0 aromatic heterocycles. The number of ether oxygens (including phenoxy) is 2. The first kappa shape index (κ1) is 19.6. The molecule has 0 unspecified atom stereocenters. The van der Waals surface area contributed by atoms with Crippen LogP contribution >= 0.6 is 0 Å². The van der Waals surface area contributed by atoms with Gasteiger partial charge in [-0.1, -0.05) is 26.0 Å². The topological polar surface area (TPSA) is 61.6 Å². The molecule has 7 heteroatoms. The molecule has 2 rings (SSSR count). The van der Waals surface area contributed by atoms with Crippen molar-refractivity contribution in [3.8, 4) is 16.9 Å². The van der Waals surface area contributed by atoms with Gasteiger partial charge < -0.3 is 15.2 Å². The molecule has 0 aliphatic heterocycles. The van der Waals surface area contributed by atoms with Crippen LogP contribution in [0.3, 0.4) is 0 Å². The van der Waals surface area contributed by atoms with E-state index >= 15 is 0 Å². The van der Waals surface area contributed by atoms with Crippen molar-refractivity contribution in [3.05, 3.63) is 53.1 Å². The molecule has 2 N–H and O–H groups in total. The second kappa shape index (κ2) is 7.68. The Morgan fingerprint density at radius 1 is 1.12 bits per heavy atom. The minimum Gasteiger partial charge on any atom is -0.496 e. The molecule has 0 spiro atoms. The van der Waals surface area contributed by atoms with Crippen LogP contribution in [-0.4, -0.2) is 13.2 Å². The number of carbonyl (C=O) groups excluding carboxylic acids is 1. The van der Waals surface area contributed by atoms with Crippen LogP contribution in [0.1, 0.15) is 36.5 Å². The minimum atomic E-state index is -4.51. The lowest BCUT2D eigenvalue weighted by Crippen LogP contribution is -2.14. The van der Waals surface area contributed by atoms with Crippen molar-refractivity contribution >= 4 is 6.09 Å². The predicted molar refractivity (Wildman–Crippen MR) is 91.9 cm³/mol. The molecule has 4 nitrogen and oxygen atoms in total. The second-order valence-electron chi connectivity index (χ2n) is 6.09. The lowest BCUT2D eigenvalue weighted by atomic mass is 9.93. The summed E-state index contributed by atoms with van der Waals surface area (Å²) in [6.45, 7) is 3.65. The van der Waals surface area contributed by atoms with Crippen molar-refractivity contribution in [1.29, 1.82) is 0 Å². The van der Waals surface area contributed by atoms with E-state index in [2.05, 4.69) is 0 Å². The predicted octanol–water partition coefficient (Wildman–Crippen LogP) is 5.10. The fourth-order valence-corrected chi connectivity index (χ4v) is 2.60. The fourth-order valence-electron chi connectivity index (χ4n) is 2.60. The molecule has 0 saturated carbocycles. The first-order chi connectivity index (χ1) is 12.1. The maximum Gasteiger partial charge on any atom is 0.416 e. The highest BCUT2D eigenvalue weighted by Crippen LogP contribution is 2.38. The van der Waals surface area contributed by atoms with Crippen LogP contribution in [0.25, 0.3) is 11.1 Å². The van der Waals surface area contributed by atoms with Crippen molar-refractivity contribution in [2.75, 3.05) is 7.11 Å². The third-order valence-corrected chi connectivity index (χ3v) is 3.98. The molecule has 1 amide bonds. The largest absolute Gasteiger partial charge is 0.496 e. The van der Waals surface area contributed by atoms with Crippen LogP contribution in [0, 0.1) is 0 Å². The van der Waals surface area contributed by atoms with Crippen molar-refractivity contribution in [1.82, 2.24) is 0 Å². The maximum absolute atomic E-state index is 13.1. The third kappa shape index (κ3) is 4.47. The summed E-state index contributed by atoms with van der Waals surface area (Å²) in [7, 11) is 1.48. The van der Waals surface area contributed by atoms with Crippen LogP contribution in [0.5, 0.6) is 5.75 Å². The number of rotatable bonds is 5. The number of halogens is 3. The third-order valence-electron chi connectivity index (χ3n) is 3.98. The monoisotopic (exact) mass is 367 g/mol. The van der Waals surface area contributed by atoms with Crippen LogP contribution in [-0.2, 0) is 17.5 Å². The molecule has 26 heavy (non-hydrogen) atoms. The summed E-state index contributed by atoms with van der Waals surface area (Å²) in [6, 6.07) is 8.83. The fraction of sp³-hybridized carbons (Fsp3) is 0.316. The Labute approximate surface area is 149 Å². The highest BCUT2D eigenvalue weighted by atomic mass is 19.4. The molecule has 0 saturated heterocycles. The van der Waals surface area contributed by atoms with E-state index in [-0.39, 0.29) is 18.1 Å². The first-order valence-electron chi connectivity index (χ1n) is 7.94. The maximum atomic E-state index is 13.1. The summed E-state index contributed by atoms with van der Waals surface area (Å²) in [5, 5.41) is 0. The molecule has 0 radical (unpaired) electrons. The van der Waals surface area contributed by atoms with Gasteiger partial charge in [-0.2, -0.15) is 13.2 Å². The summed E-state index contributed by atoms with van der Waals surface area (Å²) in [5.74, 6) is 0.730. The number of alkyl halides is 3. The number of hydrogen-bond donors (Lipinski definition) is 1. The number of benzene rings is 2. The van der Waals surface area contributed by atoms with E-state index in [1.807, 2.05) is 26.0 Å². The van der Waals surface area contributed by atoms with Gasteiger partial charge in [-0.15, -0.1) is 0 Å². The summed E-state index contributed by atoms with van der Waals surface area (Å²) in [4.78, 5) is 10.9. The molecule has 140 valence electrons. The molecular formula is C19H20F3NO3. The number of methoxy groups -OCH3 is 1. The van der Waals surface area contributed by atoms with Crippen LogP contribution in [0.15, 0.2) is 36.4 Å². The van der Waals surface area contributed by atoms with Gasteiger partial charge in [-0.3, -0.25) is 0 Å². The molecule has 0 aliphatic carbocycles. The average Bonchev–Trinajstić information content (AvgIpc) is 2.58. The zero-order chi connectivity index (χ0) is 19.5. The van der Waals surface area contributed by atoms with Crippen molar-refractivity contribution in [2.24, 2.45) is 5.73 Å². The molecule has 0 aliphatic rings. The SMILES string of the molecule is COc1ccc(C(C)C)cc1-c1ccc(C(F)(F)F)cc1COC(N)=O. The van der Waals surface area contributed by atoms with E-state index in [4.69, 9.17) is 15.2 Å². The van der Waals surface area contributed by atoms with Gasteiger partial charge in [0.1, 0.15) is 12.4 Å². The van der Waals surface area contributed by atoms with E-state index in [9.17, 15) is 18.0 Å². The van der Waals surface area contributed by atoms with Gasteiger partial charge in [0.15, 0.2) is 0 Å². The number of hydrogen-bond acceptors (Lipinski definition) is 3. The van der Waals surface area contributed by atoms with Gasteiger partial charge >= 0.3 is 12.3 Å². The highest BCUT2D eigenvalue weighted by molar-refractivity contribution is 5.75. The smallest absolute Gasteiger partial charge is 0.416 e. The van der Waals surface area contributed by atoms with Gasteiger partial charge in [0, 0.05) is 5.56 Å². The molecule has 0 atom stereocenters. The Bertz CT molecular complexity index is 801. The Kier molecular flexibility index (Phi) is 5.79. The normalized spacial score (nSPS) is 11.5. The molecular weight excluding hydrogens is 347 g/mol. The number of carbonyl (C=O) groups is 1. The molecule has 0 bridgehead atoms. The lowest BCUT2D eigenvalue weighted by Gasteiger charge is -2.17. The summed E-state index contributed by atoms with van der Waals surface area (Å²) < 4.78 is 49.3. The van der Waals surface area contributed by atoms with E-state index in [1.165, 1.54) is 13.2 Å². The van der Waals surface area contributed by atoms with Crippen molar-refractivity contribution < 1.29 is 27.4 Å². The highest BCUT2D eigenvalue weighted by Gasteiger charge is 2.31. The van der Waals surface area contributed by atoms with Gasteiger partial charge in [0.05, 0.1) is 12.7 Å². The molecule has 0 heterocycles. The zero-order valence-corrected chi connectivity index (χ0v) is 14.7. The van der Waals surface area contributed by atoms with Gasteiger partial charge in [0.2, 0.25) is 0 Å². The van der Waals surface area contributed by atoms with Crippen LogP contribution in [0.4, 0.5) is 18.0 Å². The average molecular weight is 367 g/mol. The summed E-state index contributed by atoms with van der Waals surface area (Å²) >= 11 is 0. The number of nitrogens with two attached hydrogens (primary N) is 1. The van der Waals surface area contributed by atoms with Crippen molar-refractivity contribution in [2.45, 2.75) is 32.5 Å². The Balaban J connectivity index is 2.63. The Morgan fingerprint density at radius 3 is 2.35 bits per heavy atom.